The summed E-state index contributed by atoms with van der Waals surface area (Å²) >= 11 is 1.42. The van der Waals surface area contributed by atoms with Crippen LogP contribution in [0.2, 0.25) is 0 Å². The van der Waals surface area contributed by atoms with E-state index in [2.05, 4.69) is 4.98 Å². The van der Waals surface area contributed by atoms with Crippen molar-refractivity contribution in [3.05, 3.63) is 41.2 Å². The van der Waals surface area contributed by atoms with Crippen molar-refractivity contribution in [2.24, 2.45) is 0 Å². The smallest absolute Gasteiger partial charge is 0.244 e. The number of thiazole rings is 1. The van der Waals surface area contributed by atoms with Gasteiger partial charge in [0.15, 0.2) is 5.13 Å². The number of benzene rings is 1. The minimum Gasteiger partial charge on any atom is -0.375 e. The number of hydrogen-bond acceptors (Lipinski definition) is 5. The molecule has 1 unspecified atom stereocenters. The number of anilines is 2. The van der Waals surface area contributed by atoms with Crippen LogP contribution in [0.1, 0.15) is 11.3 Å². The Morgan fingerprint density at radius 2 is 2.22 bits per heavy atom. The lowest BCUT2D eigenvalue weighted by molar-refractivity contribution is -0.121. The highest BCUT2D eigenvalue weighted by Gasteiger charge is 2.36. The molecule has 23 heavy (non-hydrogen) atoms. The van der Waals surface area contributed by atoms with Crippen molar-refractivity contribution in [3.63, 3.8) is 0 Å². The molecule has 0 radical (unpaired) electrons. The predicted molar refractivity (Wildman–Crippen MR) is 92.4 cm³/mol. The first-order valence-corrected chi connectivity index (χ1v) is 7.84. The highest BCUT2D eigenvalue weighted by Crippen LogP contribution is 2.27. The monoisotopic (exact) mass is 356 g/mol. The molecule has 1 amide bonds. The molecule has 1 aliphatic heterocycles. The maximum Gasteiger partial charge on any atom is 0.244 e. The Kier molecular flexibility index (Phi) is 5.56. The number of rotatable bonds is 4. The van der Waals surface area contributed by atoms with E-state index in [1.165, 1.54) is 22.3 Å². The predicted octanol–water partition coefficient (Wildman–Crippen LogP) is 2.52. The third kappa shape index (κ3) is 3.63. The van der Waals surface area contributed by atoms with E-state index in [9.17, 15) is 9.18 Å². The first-order valence-electron chi connectivity index (χ1n) is 7.02. The largest absolute Gasteiger partial charge is 0.375 e. The number of nitrogen functional groups attached to an aromatic ring is 1. The van der Waals surface area contributed by atoms with E-state index in [4.69, 9.17) is 5.73 Å². The van der Waals surface area contributed by atoms with Crippen molar-refractivity contribution in [2.45, 2.75) is 19.0 Å². The summed E-state index contributed by atoms with van der Waals surface area (Å²) in [5.74, 6) is -0.431. The summed E-state index contributed by atoms with van der Waals surface area (Å²) in [6, 6.07) is 6.13. The van der Waals surface area contributed by atoms with Crippen molar-refractivity contribution in [1.29, 1.82) is 0 Å². The zero-order valence-electron chi connectivity index (χ0n) is 12.6. The Labute approximate surface area is 144 Å². The summed E-state index contributed by atoms with van der Waals surface area (Å²) in [5.41, 5.74) is 5.97. The maximum absolute atomic E-state index is 13.9. The average molecular weight is 357 g/mol. The van der Waals surface area contributed by atoms with Gasteiger partial charge in [0.05, 0.1) is 11.7 Å². The summed E-state index contributed by atoms with van der Waals surface area (Å²) in [4.78, 5) is 21.1. The molecule has 0 aliphatic carbocycles. The van der Waals surface area contributed by atoms with Crippen molar-refractivity contribution in [1.82, 2.24) is 9.88 Å². The normalized spacial score (nSPS) is 17.6. The average Bonchev–Trinajstić information content (AvgIpc) is 3.06. The molecule has 2 heterocycles. The summed E-state index contributed by atoms with van der Waals surface area (Å²) in [6.07, 6.45) is 2.41. The molecule has 0 spiro atoms. The van der Waals surface area contributed by atoms with Crippen LogP contribution in [0.4, 0.5) is 15.2 Å². The molecular formula is C15H18ClFN4OS. The third-order valence-corrected chi connectivity index (χ3v) is 4.64. The summed E-state index contributed by atoms with van der Waals surface area (Å²) in [6.45, 7) is 1.13. The Morgan fingerprint density at radius 3 is 2.87 bits per heavy atom. The zero-order chi connectivity index (χ0) is 15.7. The van der Waals surface area contributed by atoms with Gasteiger partial charge in [-0.2, -0.15) is 0 Å². The summed E-state index contributed by atoms with van der Waals surface area (Å²) in [5, 5.41) is 0.522. The minimum absolute atomic E-state index is 0. The number of carbonyl (C=O) groups excluding carboxylic acids is 1. The van der Waals surface area contributed by atoms with Crippen LogP contribution in [0.3, 0.4) is 0 Å². The first kappa shape index (κ1) is 17.7. The van der Waals surface area contributed by atoms with Crippen molar-refractivity contribution < 1.29 is 9.18 Å². The molecule has 124 valence electrons. The van der Waals surface area contributed by atoms with Gasteiger partial charge >= 0.3 is 0 Å². The van der Waals surface area contributed by atoms with E-state index in [0.29, 0.717) is 30.3 Å². The van der Waals surface area contributed by atoms with E-state index in [1.807, 2.05) is 11.9 Å². The Balaban J connectivity index is 0.00000192. The molecule has 1 fully saturated rings. The summed E-state index contributed by atoms with van der Waals surface area (Å²) < 4.78 is 13.9. The molecule has 8 heteroatoms. The topological polar surface area (TPSA) is 62.5 Å². The van der Waals surface area contributed by atoms with Gasteiger partial charge in [-0.25, -0.2) is 9.37 Å². The van der Waals surface area contributed by atoms with Crippen LogP contribution in [-0.4, -0.2) is 35.4 Å². The third-order valence-electron chi connectivity index (χ3n) is 3.83. The Hall–Kier alpha value is -1.70. The number of nitrogens with zero attached hydrogens (tertiary/aromatic N) is 3. The number of para-hydroxylation sites is 1. The second-order valence-corrected chi connectivity index (χ2v) is 6.47. The Morgan fingerprint density at radius 1 is 1.48 bits per heavy atom. The molecule has 1 atom stereocenters. The lowest BCUT2D eigenvalue weighted by Crippen LogP contribution is -2.39. The fourth-order valence-corrected chi connectivity index (χ4v) is 3.48. The number of amides is 1. The van der Waals surface area contributed by atoms with E-state index in [1.54, 1.807) is 24.4 Å². The van der Waals surface area contributed by atoms with Crippen molar-refractivity contribution >= 4 is 40.5 Å². The standard InChI is InChI=1S/C15H17FN4OS.ClH/c1-19(9-10-8-18-15(17)22-10)13-6-7-20(14(13)21)12-5-3-2-4-11(12)16;/h2-5,8,13H,6-7,9H2,1H3,(H2,17,18);1H. The molecule has 1 aliphatic rings. The SMILES string of the molecule is CN(Cc1cnc(N)s1)C1CCN(c2ccccc2F)C1=O.Cl. The number of carbonyl (C=O) groups is 1. The van der Waals surface area contributed by atoms with Gasteiger partial charge in [-0.3, -0.25) is 9.69 Å². The molecule has 3 rings (SSSR count). The highest BCUT2D eigenvalue weighted by atomic mass is 35.5. The molecule has 1 aromatic heterocycles. The molecule has 2 aromatic rings. The van der Waals surface area contributed by atoms with E-state index < -0.39 is 0 Å². The van der Waals surface area contributed by atoms with Gasteiger partial charge in [-0.05, 0) is 25.6 Å². The van der Waals surface area contributed by atoms with Gasteiger partial charge in [0.25, 0.3) is 0 Å². The van der Waals surface area contributed by atoms with Crippen LogP contribution in [-0.2, 0) is 11.3 Å². The number of nitrogens with two attached hydrogens (primary N) is 1. The second-order valence-electron chi connectivity index (χ2n) is 5.33. The lowest BCUT2D eigenvalue weighted by atomic mass is 10.2. The number of hydrogen-bond donors (Lipinski definition) is 1. The van der Waals surface area contributed by atoms with Crippen LogP contribution < -0.4 is 10.6 Å². The highest BCUT2D eigenvalue weighted by molar-refractivity contribution is 7.15. The molecule has 1 saturated heterocycles. The minimum atomic E-state index is -0.366. The van der Waals surface area contributed by atoms with Crippen LogP contribution in [0.5, 0.6) is 0 Å². The number of likely N-dealkylation sites (N-methyl/N-ethyl adjacent to an activating group) is 1. The van der Waals surface area contributed by atoms with Crippen LogP contribution in [0, 0.1) is 5.82 Å². The Bertz CT molecular complexity index is 696. The number of halogens is 2. The van der Waals surface area contributed by atoms with E-state index >= 15 is 0 Å². The van der Waals surface area contributed by atoms with E-state index in [-0.39, 0.29) is 30.2 Å². The zero-order valence-corrected chi connectivity index (χ0v) is 14.2. The van der Waals surface area contributed by atoms with Gasteiger partial charge in [-0.15, -0.1) is 23.7 Å². The van der Waals surface area contributed by atoms with Gasteiger partial charge in [0.1, 0.15) is 5.82 Å². The fourth-order valence-electron chi connectivity index (χ4n) is 2.74. The first-order chi connectivity index (χ1) is 10.6. The molecule has 0 saturated carbocycles. The molecule has 5 nitrogen and oxygen atoms in total. The lowest BCUT2D eigenvalue weighted by Gasteiger charge is -2.23. The molecule has 0 bridgehead atoms. The van der Waals surface area contributed by atoms with Crippen LogP contribution in [0.15, 0.2) is 30.5 Å². The van der Waals surface area contributed by atoms with Crippen LogP contribution >= 0.6 is 23.7 Å². The summed E-state index contributed by atoms with van der Waals surface area (Å²) in [7, 11) is 1.89. The second kappa shape index (κ2) is 7.25. The fraction of sp³-hybridized carbons (Fsp3) is 0.333. The number of aromatic nitrogens is 1. The molecule has 1 aromatic carbocycles. The van der Waals surface area contributed by atoms with Gasteiger partial charge in [0, 0.05) is 24.2 Å². The van der Waals surface area contributed by atoms with Crippen molar-refractivity contribution in [2.75, 3.05) is 24.2 Å². The maximum atomic E-state index is 13.9. The van der Waals surface area contributed by atoms with E-state index in [0.717, 1.165) is 4.88 Å². The van der Waals surface area contributed by atoms with Gasteiger partial charge < -0.3 is 10.6 Å². The van der Waals surface area contributed by atoms with Crippen LogP contribution in [0.25, 0.3) is 0 Å². The van der Waals surface area contributed by atoms with Gasteiger partial charge in [0.2, 0.25) is 5.91 Å². The van der Waals surface area contributed by atoms with Gasteiger partial charge in [-0.1, -0.05) is 12.1 Å². The molecular weight excluding hydrogens is 339 g/mol. The van der Waals surface area contributed by atoms with Crippen molar-refractivity contribution in [3.8, 4) is 0 Å². The quantitative estimate of drug-likeness (QED) is 0.914. The molecule has 2 N–H and O–H groups in total.